The number of hydrogen-bond donors (Lipinski definition) is 2. The van der Waals surface area contributed by atoms with Crippen molar-refractivity contribution in [2.75, 3.05) is 18.0 Å². The Balaban J connectivity index is 1.76. The van der Waals surface area contributed by atoms with E-state index in [1.807, 2.05) is 24.3 Å². The molecule has 2 amide bonds. The minimum absolute atomic E-state index is 0.204. The van der Waals surface area contributed by atoms with Crippen molar-refractivity contribution < 1.29 is 18.7 Å². The normalized spacial score (nSPS) is 16.7. The molecule has 0 unspecified atom stereocenters. The van der Waals surface area contributed by atoms with Crippen LogP contribution in [0.25, 0.3) is 10.6 Å². The number of nitrogens with zero attached hydrogens (tertiary/aromatic N) is 1. The number of nitrogens with two attached hydrogens (primary N) is 1. The molecule has 29 heavy (non-hydrogen) atoms. The predicted molar refractivity (Wildman–Crippen MR) is 114 cm³/mol. The van der Waals surface area contributed by atoms with Crippen LogP contribution in [0.15, 0.2) is 42.5 Å². The molecule has 1 fully saturated rings. The lowest BCUT2D eigenvalue weighted by Gasteiger charge is -2.14. The Morgan fingerprint density at radius 3 is 2.86 bits per heavy atom. The summed E-state index contributed by atoms with van der Waals surface area (Å²) in [5.41, 5.74) is 8.31. The van der Waals surface area contributed by atoms with Gasteiger partial charge >= 0.3 is 6.09 Å². The van der Waals surface area contributed by atoms with Gasteiger partial charge in [-0.2, -0.15) is 0 Å². The molecule has 0 spiro atoms. The minimum Gasteiger partial charge on any atom is -0.442 e. The van der Waals surface area contributed by atoms with Gasteiger partial charge in [-0.05, 0) is 41.5 Å². The van der Waals surface area contributed by atoms with E-state index < -0.39 is 18.0 Å². The molecule has 1 atom stereocenters. The number of cyclic esters (lactones) is 1. The number of nitrogens with one attached hydrogen (secondary N) is 1. The van der Waals surface area contributed by atoms with Crippen molar-refractivity contribution in [1.29, 1.82) is 0 Å². The first-order chi connectivity index (χ1) is 13.9. The van der Waals surface area contributed by atoms with Gasteiger partial charge < -0.3 is 15.8 Å². The molecule has 6 nitrogen and oxygen atoms in total. The molecule has 1 saturated heterocycles. The smallest absolute Gasteiger partial charge is 0.414 e. The highest BCUT2D eigenvalue weighted by atomic mass is 79.9. The minimum atomic E-state index is -0.567. The number of benzene rings is 2. The van der Waals surface area contributed by atoms with Crippen molar-refractivity contribution in [2.24, 2.45) is 5.73 Å². The van der Waals surface area contributed by atoms with Crippen LogP contribution in [0.2, 0.25) is 0 Å². The first kappa shape index (κ1) is 21.0. The zero-order valence-corrected chi connectivity index (χ0v) is 17.4. The summed E-state index contributed by atoms with van der Waals surface area (Å²) in [7, 11) is 0. The van der Waals surface area contributed by atoms with Crippen molar-refractivity contribution >= 4 is 44.2 Å². The van der Waals surface area contributed by atoms with E-state index >= 15 is 0 Å². The lowest BCUT2D eigenvalue weighted by Crippen LogP contribution is -2.33. The van der Waals surface area contributed by atoms with Crippen LogP contribution in [0.3, 0.4) is 0 Å². The molecule has 3 N–H and O–H groups in total. The average molecular weight is 462 g/mol. The quantitative estimate of drug-likeness (QED) is 0.643. The van der Waals surface area contributed by atoms with Crippen molar-refractivity contribution in [3.63, 3.8) is 0 Å². The van der Waals surface area contributed by atoms with Gasteiger partial charge in [-0.3, -0.25) is 9.69 Å². The summed E-state index contributed by atoms with van der Waals surface area (Å²) >= 11 is 3.49. The molecule has 1 heterocycles. The Morgan fingerprint density at radius 2 is 2.17 bits per heavy atom. The van der Waals surface area contributed by atoms with Crippen molar-refractivity contribution in [1.82, 2.24) is 5.32 Å². The zero-order valence-electron chi connectivity index (χ0n) is 15.8. The standard InChI is InChI=1S/C21H21BrFN3O3/c1-13(27)25-11-18-12-26(21(28)29-18)17-6-5-16(20(23)9-17)8-19(22)15-4-2-3-14(7-15)10-24/h2-9,18H,10-12,24H2,1H3,(H,25,27)/b19-8-/t18-/m0/s1. The van der Waals surface area contributed by atoms with E-state index in [2.05, 4.69) is 21.2 Å². The Labute approximate surface area is 176 Å². The fraction of sp³-hybridized carbons (Fsp3) is 0.238. The van der Waals surface area contributed by atoms with Crippen LogP contribution in [0.1, 0.15) is 23.6 Å². The SMILES string of the molecule is CC(=O)NC[C@H]1CN(c2ccc(/C=C(\Br)c3cccc(CN)c3)c(F)c2)C(=O)O1. The van der Waals surface area contributed by atoms with Crippen LogP contribution < -0.4 is 16.0 Å². The van der Waals surface area contributed by atoms with Crippen LogP contribution in [-0.2, 0) is 16.1 Å². The Kier molecular flexibility index (Phi) is 6.66. The number of anilines is 1. The molecule has 1 aliphatic heterocycles. The Bertz CT molecular complexity index is 964. The van der Waals surface area contributed by atoms with E-state index in [0.29, 0.717) is 17.8 Å². The molecule has 3 rings (SSSR count). The Morgan fingerprint density at radius 1 is 1.38 bits per heavy atom. The van der Waals surface area contributed by atoms with E-state index in [9.17, 15) is 14.0 Å². The summed E-state index contributed by atoms with van der Waals surface area (Å²) in [6.45, 7) is 2.27. The van der Waals surface area contributed by atoms with Crippen LogP contribution in [0.5, 0.6) is 0 Å². The zero-order chi connectivity index (χ0) is 21.0. The van der Waals surface area contributed by atoms with Gasteiger partial charge in [-0.15, -0.1) is 0 Å². The maximum Gasteiger partial charge on any atom is 0.414 e. The highest BCUT2D eigenvalue weighted by molar-refractivity contribution is 9.15. The second-order valence-electron chi connectivity index (χ2n) is 6.66. The predicted octanol–water partition coefficient (Wildman–Crippen LogP) is 3.64. The first-order valence-corrected chi connectivity index (χ1v) is 9.85. The number of halogens is 2. The lowest BCUT2D eigenvalue weighted by atomic mass is 10.1. The third-order valence-electron chi connectivity index (χ3n) is 4.47. The second-order valence-corrected chi connectivity index (χ2v) is 7.51. The molecule has 2 aromatic rings. The molecule has 0 aliphatic carbocycles. The van der Waals surface area contributed by atoms with Crippen LogP contribution in [-0.4, -0.2) is 31.2 Å². The highest BCUT2D eigenvalue weighted by Gasteiger charge is 2.32. The first-order valence-electron chi connectivity index (χ1n) is 9.06. The van der Waals surface area contributed by atoms with Crippen LogP contribution in [0.4, 0.5) is 14.9 Å². The second kappa shape index (κ2) is 9.19. The number of carbonyl (C=O) groups excluding carboxylic acids is 2. The number of carbonyl (C=O) groups is 2. The van der Waals surface area contributed by atoms with E-state index in [-0.39, 0.29) is 19.0 Å². The van der Waals surface area contributed by atoms with Gasteiger partial charge in [0.1, 0.15) is 11.9 Å². The molecular weight excluding hydrogens is 441 g/mol. The van der Waals surface area contributed by atoms with E-state index in [0.717, 1.165) is 15.6 Å². The monoisotopic (exact) mass is 461 g/mol. The molecule has 0 aromatic heterocycles. The maximum absolute atomic E-state index is 14.7. The molecular formula is C21H21BrFN3O3. The molecule has 0 saturated carbocycles. The molecule has 8 heteroatoms. The van der Waals surface area contributed by atoms with Gasteiger partial charge in [0.15, 0.2) is 0 Å². The van der Waals surface area contributed by atoms with Crippen molar-refractivity contribution in [2.45, 2.75) is 19.6 Å². The van der Waals surface area contributed by atoms with Crippen LogP contribution in [0, 0.1) is 5.82 Å². The van der Waals surface area contributed by atoms with Crippen molar-refractivity contribution in [3.05, 3.63) is 65.0 Å². The highest BCUT2D eigenvalue weighted by Crippen LogP contribution is 2.29. The van der Waals surface area contributed by atoms with Crippen LogP contribution >= 0.6 is 15.9 Å². The number of rotatable bonds is 6. The van der Waals surface area contributed by atoms with Gasteiger partial charge in [0.2, 0.25) is 5.91 Å². The average Bonchev–Trinajstić information content (AvgIpc) is 3.08. The topological polar surface area (TPSA) is 84.7 Å². The number of ether oxygens (including phenoxy) is 1. The van der Waals surface area contributed by atoms with E-state index in [1.54, 1.807) is 18.2 Å². The fourth-order valence-corrected chi connectivity index (χ4v) is 3.46. The van der Waals surface area contributed by atoms with Gasteiger partial charge in [-0.1, -0.05) is 34.1 Å². The lowest BCUT2D eigenvalue weighted by molar-refractivity contribution is -0.119. The summed E-state index contributed by atoms with van der Waals surface area (Å²) in [4.78, 5) is 24.4. The largest absolute Gasteiger partial charge is 0.442 e. The molecule has 2 aromatic carbocycles. The van der Waals surface area contributed by atoms with E-state index in [4.69, 9.17) is 10.5 Å². The summed E-state index contributed by atoms with van der Waals surface area (Å²) < 4.78 is 20.6. The maximum atomic E-state index is 14.7. The third kappa shape index (κ3) is 5.21. The molecule has 1 aliphatic rings. The fourth-order valence-electron chi connectivity index (χ4n) is 2.96. The van der Waals surface area contributed by atoms with Gasteiger partial charge in [0.25, 0.3) is 0 Å². The molecule has 0 radical (unpaired) electrons. The van der Waals surface area contributed by atoms with Gasteiger partial charge in [0.05, 0.1) is 18.8 Å². The van der Waals surface area contributed by atoms with Gasteiger partial charge in [0, 0.05) is 23.5 Å². The number of hydrogen-bond acceptors (Lipinski definition) is 4. The Hall–Kier alpha value is -2.71. The molecule has 152 valence electrons. The summed E-state index contributed by atoms with van der Waals surface area (Å²) in [5.74, 6) is -0.670. The number of amides is 2. The third-order valence-corrected chi connectivity index (χ3v) is 5.16. The van der Waals surface area contributed by atoms with Crippen molar-refractivity contribution in [3.8, 4) is 0 Å². The van der Waals surface area contributed by atoms with E-state index in [1.165, 1.54) is 17.9 Å². The summed E-state index contributed by atoms with van der Waals surface area (Å²) in [6.07, 6.45) is 0.636. The molecule has 0 bridgehead atoms. The summed E-state index contributed by atoms with van der Waals surface area (Å²) in [5, 5.41) is 2.61. The van der Waals surface area contributed by atoms with Gasteiger partial charge in [-0.25, -0.2) is 9.18 Å². The summed E-state index contributed by atoms with van der Waals surface area (Å²) in [6, 6.07) is 12.2.